The van der Waals surface area contributed by atoms with E-state index in [0.29, 0.717) is 0 Å². The first kappa shape index (κ1) is 31.1. The number of allylic oxidation sites excluding steroid dienone is 4. The molecule has 2 aliphatic heterocycles. The average molecular weight is 587 g/mol. The van der Waals surface area contributed by atoms with E-state index in [2.05, 4.69) is 78.6 Å². The molecule has 2 rings (SSSR count). The molecular weight excluding hydrogens is 543 g/mol. The van der Waals surface area contributed by atoms with Crippen LogP contribution in [0.15, 0.2) is 34.7 Å². The van der Waals surface area contributed by atoms with Crippen molar-refractivity contribution in [2.75, 3.05) is 0 Å². The minimum Gasteiger partial charge on any atom is -0.166 e. The zero-order valence-electron chi connectivity index (χ0n) is 23.5. The van der Waals surface area contributed by atoms with Crippen molar-refractivity contribution < 1.29 is 26.3 Å². The van der Waals surface area contributed by atoms with Crippen LogP contribution in [0.25, 0.3) is 0 Å². The second-order valence-corrected chi connectivity index (χ2v) is 43.1. The molecule has 2 heterocycles. The summed E-state index contributed by atoms with van der Waals surface area (Å²) in [5, 5.41) is 0. The zero-order chi connectivity index (χ0) is 27.9. The van der Waals surface area contributed by atoms with Gasteiger partial charge in [-0.1, -0.05) is 115 Å². The SMILES string of the molecule is C[Si](C)(C)C1([Si](C)(C)C)CCC([Si](C)(C)C)([Si](C)(C)C)[Si]12C=C(C(F)(F)F)C=CC(C(F)(F)F)=C2. The quantitative estimate of drug-likeness (QED) is 0.227. The van der Waals surface area contributed by atoms with Crippen LogP contribution < -0.4 is 0 Å². The van der Waals surface area contributed by atoms with Gasteiger partial charge in [0.25, 0.3) is 0 Å². The predicted molar refractivity (Wildman–Crippen MR) is 151 cm³/mol. The fourth-order valence-corrected chi connectivity index (χ4v) is 60.6. The Balaban J connectivity index is 3.42. The zero-order valence-corrected chi connectivity index (χ0v) is 28.5. The number of rotatable bonds is 4. The van der Waals surface area contributed by atoms with Crippen LogP contribution in [0.1, 0.15) is 12.8 Å². The Bertz CT molecular complexity index is 824. The van der Waals surface area contributed by atoms with E-state index in [-0.39, 0.29) is 0 Å². The first-order valence-corrected chi connectivity index (χ1v) is 28.6. The van der Waals surface area contributed by atoms with E-state index in [0.717, 1.165) is 25.0 Å². The van der Waals surface area contributed by atoms with Gasteiger partial charge in [-0.25, -0.2) is 0 Å². The maximum Gasteiger partial charge on any atom is 0.415 e. The highest BCUT2D eigenvalue weighted by atomic mass is 28.5. The molecule has 0 N–H and O–H groups in total. The maximum atomic E-state index is 14.5. The maximum absolute atomic E-state index is 14.5. The van der Waals surface area contributed by atoms with Gasteiger partial charge in [-0.15, -0.1) is 0 Å². The Morgan fingerprint density at radius 1 is 0.543 bits per heavy atom. The lowest BCUT2D eigenvalue weighted by molar-refractivity contribution is -0.0904. The van der Waals surface area contributed by atoms with Crippen LogP contribution in [0.4, 0.5) is 26.3 Å². The summed E-state index contributed by atoms with van der Waals surface area (Å²) in [6, 6.07) is 0. The van der Waals surface area contributed by atoms with Crippen LogP contribution in [0.3, 0.4) is 0 Å². The third kappa shape index (κ3) is 4.46. The summed E-state index contributed by atoms with van der Waals surface area (Å²) < 4.78 is 86.2. The highest BCUT2D eigenvalue weighted by molar-refractivity contribution is 7.30. The molecule has 0 saturated carbocycles. The first-order chi connectivity index (χ1) is 15.1. The largest absolute Gasteiger partial charge is 0.415 e. The van der Waals surface area contributed by atoms with Crippen LogP contribution in [0.2, 0.25) is 87.1 Å². The molecule has 0 radical (unpaired) electrons. The van der Waals surface area contributed by atoms with Gasteiger partial charge in [-0.3, -0.25) is 0 Å². The van der Waals surface area contributed by atoms with Crippen molar-refractivity contribution in [3.63, 3.8) is 0 Å². The van der Waals surface area contributed by atoms with Crippen LogP contribution in [-0.2, 0) is 0 Å². The highest BCUT2D eigenvalue weighted by Gasteiger charge is 2.79. The second-order valence-electron chi connectivity index (χ2n) is 14.7. The summed E-state index contributed by atoms with van der Waals surface area (Å²) in [4.78, 5) is 0. The molecule has 0 aromatic rings. The monoisotopic (exact) mass is 586 g/mol. The van der Waals surface area contributed by atoms with Crippen molar-refractivity contribution in [3.05, 3.63) is 34.7 Å². The Morgan fingerprint density at radius 3 is 0.943 bits per heavy atom. The number of hydrogen-bond donors (Lipinski definition) is 0. The summed E-state index contributed by atoms with van der Waals surface area (Å²) in [5.74, 6) is 0. The molecule has 1 fully saturated rings. The topological polar surface area (TPSA) is 0 Å². The smallest absolute Gasteiger partial charge is 0.166 e. The van der Waals surface area contributed by atoms with Crippen molar-refractivity contribution in [1.82, 2.24) is 0 Å². The standard InChI is InChI=1S/C24H44F6Si5/c1-31(2,3)21(32(4,5)6)15-16-22(33(7,8)9,34(10,11)12)35(21)17-19(23(25,26)27)13-14-20(18-35)24(28,29)30/h13-14,17-18H,15-16H2,1-12H3. The Labute approximate surface area is 213 Å². The molecule has 0 aromatic carbocycles. The summed E-state index contributed by atoms with van der Waals surface area (Å²) in [6.07, 6.45) is -6.41. The molecule has 0 aromatic heterocycles. The molecule has 0 bridgehead atoms. The molecule has 35 heavy (non-hydrogen) atoms. The molecular formula is C24H44F6Si5. The van der Waals surface area contributed by atoms with Gasteiger partial charge in [0.2, 0.25) is 0 Å². The molecule has 0 nitrogen and oxygen atoms in total. The van der Waals surface area contributed by atoms with E-state index in [1.807, 2.05) is 0 Å². The van der Waals surface area contributed by atoms with Crippen molar-refractivity contribution in [2.45, 2.75) is 112 Å². The molecule has 1 saturated heterocycles. The number of hydrogen-bond acceptors (Lipinski definition) is 0. The molecule has 0 aliphatic carbocycles. The minimum absolute atomic E-state index is 0.438. The Kier molecular flexibility index (Phi) is 7.50. The highest BCUT2D eigenvalue weighted by Crippen LogP contribution is 2.77. The lowest BCUT2D eigenvalue weighted by Gasteiger charge is -2.66. The van der Waals surface area contributed by atoms with Gasteiger partial charge in [0, 0.05) is 43.4 Å². The van der Waals surface area contributed by atoms with E-state index in [1.165, 1.54) is 11.4 Å². The molecule has 0 amide bonds. The molecule has 0 unspecified atom stereocenters. The van der Waals surface area contributed by atoms with Gasteiger partial charge >= 0.3 is 12.4 Å². The molecule has 202 valence electrons. The minimum atomic E-state index is -4.69. The van der Waals surface area contributed by atoms with Crippen molar-refractivity contribution in [1.29, 1.82) is 0 Å². The summed E-state index contributed by atoms with van der Waals surface area (Å²) >= 11 is 0. The predicted octanol–water partition coefficient (Wildman–Crippen LogP) is 9.84. The lowest BCUT2D eigenvalue weighted by Crippen LogP contribution is -2.75. The molecule has 0 atom stereocenters. The molecule has 1 spiro atoms. The number of alkyl halides is 6. The van der Waals surface area contributed by atoms with E-state index in [4.69, 9.17) is 0 Å². The van der Waals surface area contributed by atoms with E-state index in [1.54, 1.807) is 0 Å². The van der Waals surface area contributed by atoms with Crippen LogP contribution in [-0.4, -0.2) is 52.7 Å². The third-order valence-electron chi connectivity index (χ3n) is 9.27. The van der Waals surface area contributed by atoms with Crippen LogP contribution in [0.5, 0.6) is 0 Å². The van der Waals surface area contributed by atoms with Gasteiger partial charge in [0.15, 0.2) is 0 Å². The molecule has 11 heteroatoms. The van der Waals surface area contributed by atoms with Gasteiger partial charge < -0.3 is 0 Å². The van der Waals surface area contributed by atoms with Gasteiger partial charge in [-0.2, -0.15) is 26.3 Å². The second kappa shape index (κ2) is 8.44. The fraction of sp³-hybridized carbons (Fsp3) is 0.750. The van der Waals surface area contributed by atoms with Crippen LogP contribution in [0, 0.1) is 0 Å². The van der Waals surface area contributed by atoms with Crippen molar-refractivity contribution in [3.8, 4) is 0 Å². The third-order valence-corrected chi connectivity index (χ3v) is 48.3. The van der Waals surface area contributed by atoms with Crippen LogP contribution >= 0.6 is 0 Å². The van der Waals surface area contributed by atoms with E-state index < -0.39 is 72.4 Å². The normalized spacial score (nSPS) is 23.3. The Morgan fingerprint density at radius 2 is 0.771 bits per heavy atom. The van der Waals surface area contributed by atoms with Gasteiger partial charge in [-0.05, 0) is 8.57 Å². The average Bonchev–Trinajstić information content (AvgIpc) is 2.71. The first-order valence-electron chi connectivity index (χ1n) is 12.4. The van der Waals surface area contributed by atoms with Crippen molar-refractivity contribution in [2.24, 2.45) is 0 Å². The van der Waals surface area contributed by atoms with Crippen molar-refractivity contribution >= 4 is 40.4 Å². The Hall–Kier alpha value is -0.116. The fourth-order valence-electron chi connectivity index (χ4n) is 9.04. The van der Waals surface area contributed by atoms with Gasteiger partial charge in [0.05, 0.1) is 0 Å². The summed E-state index contributed by atoms with van der Waals surface area (Å²) in [5.41, 5.74) is 1.23. The molecule has 2 aliphatic rings. The van der Waals surface area contributed by atoms with Gasteiger partial charge in [0.1, 0.15) is 8.07 Å². The van der Waals surface area contributed by atoms with E-state index >= 15 is 0 Å². The summed E-state index contributed by atoms with van der Waals surface area (Å²) in [7, 11) is -12.8. The number of halogens is 6. The summed E-state index contributed by atoms with van der Waals surface area (Å²) in [6.45, 7) is 26.6. The van der Waals surface area contributed by atoms with E-state index in [9.17, 15) is 26.3 Å². The lowest BCUT2D eigenvalue weighted by atomic mass is 10.2.